The van der Waals surface area contributed by atoms with E-state index in [1.165, 1.54) is 14.2 Å². The number of hydrogen-bond acceptors (Lipinski definition) is 8. The number of amides is 2. The molecule has 2 amide bonds. The van der Waals surface area contributed by atoms with Crippen molar-refractivity contribution < 1.29 is 38.1 Å². The Hall–Kier alpha value is -5.12. The molecule has 0 spiro atoms. The summed E-state index contributed by atoms with van der Waals surface area (Å²) in [6.45, 7) is 0.722. The Balaban J connectivity index is 1.67. The summed E-state index contributed by atoms with van der Waals surface area (Å²) in [4.78, 5) is 55.4. The van der Waals surface area contributed by atoms with Crippen molar-refractivity contribution in [2.75, 3.05) is 34.5 Å². The van der Waals surface area contributed by atoms with Crippen LogP contribution in [0.5, 0.6) is 17.2 Å². The van der Waals surface area contributed by atoms with Crippen LogP contribution in [0.2, 0.25) is 0 Å². The van der Waals surface area contributed by atoms with Crippen molar-refractivity contribution >= 4 is 23.6 Å². The lowest BCUT2D eigenvalue weighted by atomic mass is 9.90. The van der Waals surface area contributed by atoms with E-state index in [4.69, 9.17) is 18.9 Å². The summed E-state index contributed by atoms with van der Waals surface area (Å²) < 4.78 is 21.6. The summed E-state index contributed by atoms with van der Waals surface area (Å²) in [7, 11) is 4.34. The largest absolute Gasteiger partial charge is 0.497 e. The van der Waals surface area contributed by atoms with Crippen LogP contribution < -0.4 is 19.5 Å². The maximum absolute atomic E-state index is 13.8. The van der Waals surface area contributed by atoms with Crippen molar-refractivity contribution in [1.82, 2.24) is 10.2 Å². The molecule has 0 fully saturated rings. The van der Waals surface area contributed by atoms with Crippen LogP contribution in [0.3, 0.4) is 0 Å². The van der Waals surface area contributed by atoms with Gasteiger partial charge >= 0.3 is 5.97 Å². The summed E-state index contributed by atoms with van der Waals surface area (Å²) in [5.41, 5.74) is 2.06. The third-order valence-corrected chi connectivity index (χ3v) is 7.78. The van der Waals surface area contributed by atoms with Crippen molar-refractivity contribution in [2.24, 2.45) is 5.92 Å². The Labute approximate surface area is 269 Å². The van der Waals surface area contributed by atoms with Gasteiger partial charge in [0.2, 0.25) is 11.8 Å². The molecule has 242 valence electrons. The zero-order valence-electron chi connectivity index (χ0n) is 26.4. The van der Waals surface area contributed by atoms with E-state index in [1.807, 2.05) is 60.7 Å². The van der Waals surface area contributed by atoms with Gasteiger partial charge < -0.3 is 29.2 Å². The van der Waals surface area contributed by atoms with Gasteiger partial charge in [-0.15, -0.1) is 0 Å². The molecule has 0 saturated carbocycles. The predicted molar refractivity (Wildman–Crippen MR) is 172 cm³/mol. The summed E-state index contributed by atoms with van der Waals surface area (Å²) in [5.74, 6) is -0.942. The number of nitrogens with one attached hydrogen (secondary N) is 1. The molecular weight excluding hydrogens is 588 g/mol. The molecule has 0 bridgehead atoms. The lowest BCUT2D eigenvalue weighted by Crippen LogP contribution is -2.45. The quantitative estimate of drug-likeness (QED) is 0.299. The molecule has 1 aliphatic rings. The van der Waals surface area contributed by atoms with E-state index in [9.17, 15) is 19.2 Å². The van der Waals surface area contributed by atoms with Crippen molar-refractivity contribution in [2.45, 2.75) is 38.3 Å². The van der Waals surface area contributed by atoms with E-state index in [0.29, 0.717) is 29.4 Å². The van der Waals surface area contributed by atoms with Gasteiger partial charge in [-0.2, -0.15) is 0 Å². The average Bonchev–Trinajstić information content (AvgIpc) is 3.08. The van der Waals surface area contributed by atoms with Gasteiger partial charge in [0.25, 0.3) is 0 Å². The fraction of sp³-hybridized carbons (Fsp3) is 0.333. The molecule has 1 aliphatic heterocycles. The Bertz CT molecular complexity index is 1520. The smallest absolute Gasteiger partial charge is 0.328 e. The van der Waals surface area contributed by atoms with Gasteiger partial charge in [-0.1, -0.05) is 48.5 Å². The standard InChI is InChI=1S/C36H40N2O8/c1-43-28-13-11-26(12-14-28)24-38-19-7-8-20-46-33-23-29(44-2)15-16-30(33)32(39)22-27(21-25-9-5-4-6-10-25)35(41)37-31(36(42)45-3)17-18-34(38)40/h4-16,23,27,31H,17-22,24H2,1-3H3,(H,37,41)/b8-7+/t27-,31-/m0/s1. The fourth-order valence-corrected chi connectivity index (χ4v) is 5.19. The van der Waals surface area contributed by atoms with Crippen LogP contribution in [0.15, 0.2) is 84.9 Å². The number of carbonyl (C=O) groups excluding carboxylic acids is 4. The highest BCUT2D eigenvalue weighted by atomic mass is 16.5. The number of nitrogens with zero attached hydrogens (tertiary/aromatic N) is 1. The van der Waals surface area contributed by atoms with E-state index in [1.54, 1.807) is 36.3 Å². The number of carbonyl (C=O) groups is 4. The molecule has 1 N–H and O–H groups in total. The first-order valence-electron chi connectivity index (χ1n) is 15.1. The molecule has 46 heavy (non-hydrogen) atoms. The van der Waals surface area contributed by atoms with E-state index >= 15 is 0 Å². The van der Waals surface area contributed by atoms with E-state index in [2.05, 4.69) is 5.32 Å². The molecule has 1 heterocycles. The monoisotopic (exact) mass is 628 g/mol. The minimum atomic E-state index is -1.08. The zero-order valence-corrected chi connectivity index (χ0v) is 26.4. The van der Waals surface area contributed by atoms with Crippen molar-refractivity contribution in [3.05, 3.63) is 102 Å². The first-order valence-corrected chi connectivity index (χ1v) is 15.1. The number of rotatable bonds is 7. The number of esters is 1. The normalized spacial score (nSPS) is 18.8. The molecule has 3 aromatic rings. The van der Waals surface area contributed by atoms with Crippen molar-refractivity contribution in [1.29, 1.82) is 0 Å². The van der Waals surface area contributed by atoms with Crippen LogP contribution >= 0.6 is 0 Å². The number of ether oxygens (including phenoxy) is 4. The number of ketones is 1. The van der Waals surface area contributed by atoms with Gasteiger partial charge in [-0.05, 0) is 54.3 Å². The second kappa shape index (κ2) is 16.8. The Morgan fingerprint density at radius 1 is 0.891 bits per heavy atom. The fourth-order valence-electron chi connectivity index (χ4n) is 5.19. The molecule has 10 nitrogen and oxygen atoms in total. The number of methoxy groups -OCH3 is 3. The van der Waals surface area contributed by atoms with Crippen LogP contribution in [0.25, 0.3) is 0 Å². The molecule has 4 rings (SSSR count). The Kier molecular flexibility index (Phi) is 12.3. The molecule has 10 heteroatoms. The highest BCUT2D eigenvalue weighted by Crippen LogP contribution is 2.28. The molecule has 3 aromatic carbocycles. The van der Waals surface area contributed by atoms with E-state index in [0.717, 1.165) is 11.1 Å². The average molecular weight is 629 g/mol. The number of hydrogen-bond donors (Lipinski definition) is 1. The van der Waals surface area contributed by atoms with Crippen molar-refractivity contribution in [3.8, 4) is 17.2 Å². The molecule has 0 saturated heterocycles. The van der Waals surface area contributed by atoms with Gasteiger partial charge in [0.05, 0.1) is 26.9 Å². The summed E-state index contributed by atoms with van der Waals surface area (Å²) in [5, 5.41) is 2.78. The van der Waals surface area contributed by atoms with Crippen LogP contribution in [-0.2, 0) is 32.1 Å². The number of Topliss-reactive ketones (excluding diaryl/α,β-unsaturated/α-hetero) is 1. The predicted octanol–water partition coefficient (Wildman–Crippen LogP) is 4.55. The molecule has 0 radical (unpaired) electrons. The first-order chi connectivity index (χ1) is 22.3. The Morgan fingerprint density at radius 3 is 2.30 bits per heavy atom. The second-order valence-corrected chi connectivity index (χ2v) is 10.9. The van der Waals surface area contributed by atoms with Crippen LogP contribution in [-0.4, -0.2) is 69.0 Å². The van der Waals surface area contributed by atoms with Gasteiger partial charge in [0.15, 0.2) is 5.78 Å². The lowest BCUT2D eigenvalue weighted by molar-refractivity contribution is -0.146. The molecule has 0 aromatic heterocycles. The third kappa shape index (κ3) is 9.44. The molecule has 2 atom stereocenters. The van der Waals surface area contributed by atoms with Gasteiger partial charge in [-0.25, -0.2) is 4.79 Å². The molecule has 0 aliphatic carbocycles. The lowest BCUT2D eigenvalue weighted by Gasteiger charge is -2.24. The first kappa shape index (κ1) is 33.8. The minimum absolute atomic E-state index is 0.0198. The number of fused-ring (bicyclic) bond motifs is 1. The Morgan fingerprint density at radius 2 is 1.61 bits per heavy atom. The zero-order chi connectivity index (χ0) is 32.9. The van der Waals surface area contributed by atoms with Crippen LogP contribution in [0, 0.1) is 5.92 Å². The van der Waals surface area contributed by atoms with Gasteiger partial charge in [0, 0.05) is 37.9 Å². The maximum atomic E-state index is 13.8. The highest BCUT2D eigenvalue weighted by Gasteiger charge is 2.30. The van der Waals surface area contributed by atoms with Gasteiger partial charge in [0.1, 0.15) is 29.9 Å². The van der Waals surface area contributed by atoms with E-state index < -0.39 is 23.8 Å². The molecule has 0 unspecified atom stereocenters. The molecular formula is C36H40N2O8. The van der Waals surface area contributed by atoms with Gasteiger partial charge in [-0.3, -0.25) is 14.4 Å². The highest BCUT2D eigenvalue weighted by molar-refractivity contribution is 6.01. The summed E-state index contributed by atoms with van der Waals surface area (Å²) >= 11 is 0. The second-order valence-electron chi connectivity index (χ2n) is 10.9. The third-order valence-electron chi connectivity index (χ3n) is 7.78. The maximum Gasteiger partial charge on any atom is 0.328 e. The topological polar surface area (TPSA) is 120 Å². The van der Waals surface area contributed by atoms with E-state index in [-0.39, 0.29) is 50.5 Å². The summed E-state index contributed by atoms with van der Waals surface area (Å²) in [6, 6.07) is 20.6. The minimum Gasteiger partial charge on any atom is -0.497 e. The van der Waals surface area contributed by atoms with Crippen LogP contribution in [0.4, 0.5) is 0 Å². The SMILES string of the molecule is COC(=O)[C@@H]1CCC(=O)N(Cc2ccc(OC)cc2)C/C=C/COc2cc(OC)ccc2C(=O)C[C@H](Cc2ccccc2)C(=O)N1. The van der Waals surface area contributed by atoms with Crippen LogP contribution in [0.1, 0.15) is 40.7 Å². The summed E-state index contributed by atoms with van der Waals surface area (Å²) in [6.07, 6.45) is 3.72. The number of benzene rings is 3. The van der Waals surface area contributed by atoms with Crippen molar-refractivity contribution in [3.63, 3.8) is 0 Å².